The molecule has 3 atom stereocenters. The highest BCUT2D eigenvalue weighted by Crippen LogP contribution is 2.29. The van der Waals surface area contributed by atoms with Crippen molar-refractivity contribution < 1.29 is 4.21 Å². The van der Waals surface area contributed by atoms with Gasteiger partial charge in [-0.15, -0.1) is 0 Å². The summed E-state index contributed by atoms with van der Waals surface area (Å²) >= 11 is 0. The summed E-state index contributed by atoms with van der Waals surface area (Å²) < 4.78 is 11.6. The maximum atomic E-state index is 11.6. The number of hydrogen-bond donors (Lipinski definition) is 0. The topological polar surface area (TPSA) is 40.9 Å². The van der Waals surface area contributed by atoms with Crippen LogP contribution in [0.25, 0.3) is 0 Å². The van der Waals surface area contributed by atoms with Crippen LogP contribution in [0, 0.1) is 17.2 Å². The van der Waals surface area contributed by atoms with E-state index in [9.17, 15) is 4.21 Å². The minimum absolute atomic E-state index is 0.0670. The molecule has 0 radical (unpaired) electrons. The molecule has 1 aliphatic rings. The van der Waals surface area contributed by atoms with Crippen molar-refractivity contribution in [3.05, 3.63) is 0 Å². The van der Waals surface area contributed by atoms with Crippen molar-refractivity contribution in [2.45, 2.75) is 37.9 Å². The molecule has 0 saturated heterocycles. The van der Waals surface area contributed by atoms with E-state index in [1.54, 1.807) is 0 Å². The molecule has 0 aliphatic heterocycles. The van der Waals surface area contributed by atoms with Gasteiger partial charge in [-0.1, -0.05) is 13.3 Å². The molecule has 0 bridgehead atoms. The second kappa shape index (κ2) is 4.61. The Kier molecular flexibility index (Phi) is 3.74. The predicted molar refractivity (Wildman–Crippen MR) is 50.0 cm³/mol. The fraction of sp³-hybridized carbons (Fsp3) is 0.889. The Hall–Kier alpha value is -0.360. The van der Waals surface area contributed by atoms with E-state index < -0.39 is 10.8 Å². The monoisotopic (exact) mass is 185 g/mol. The van der Waals surface area contributed by atoms with E-state index in [1.165, 1.54) is 0 Å². The van der Waals surface area contributed by atoms with E-state index in [0.717, 1.165) is 31.4 Å². The number of nitrogens with zero attached hydrogens (tertiary/aromatic N) is 1. The van der Waals surface area contributed by atoms with Gasteiger partial charge in [0.15, 0.2) is 0 Å². The van der Waals surface area contributed by atoms with Crippen molar-refractivity contribution >= 4 is 10.8 Å². The molecule has 0 aromatic rings. The molecule has 0 aromatic heterocycles. The van der Waals surface area contributed by atoms with Gasteiger partial charge in [-0.3, -0.25) is 4.21 Å². The van der Waals surface area contributed by atoms with Crippen molar-refractivity contribution in [3.8, 4) is 6.07 Å². The molecule has 3 unspecified atom stereocenters. The first-order valence-electron chi connectivity index (χ1n) is 4.56. The van der Waals surface area contributed by atoms with Gasteiger partial charge in [-0.05, 0) is 19.3 Å². The molecule has 0 amide bonds. The normalized spacial score (nSPS) is 31.3. The SMILES string of the molecule is CCCS(=O)C1CCCC1C#N. The summed E-state index contributed by atoms with van der Waals surface area (Å²) in [5, 5.41) is 8.94. The van der Waals surface area contributed by atoms with Gasteiger partial charge >= 0.3 is 0 Å². The van der Waals surface area contributed by atoms with Crippen molar-refractivity contribution in [2.24, 2.45) is 5.92 Å². The minimum atomic E-state index is -0.748. The first kappa shape index (κ1) is 9.73. The third-order valence-electron chi connectivity index (χ3n) is 2.36. The fourth-order valence-corrected chi connectivity index (χ4v) is 3.44. The van der Waals surface area contributed by atoms with Crippen molar-refractivity contribution in [1.29, 1.82) is 5.26 Å². The molecule has 0 spiro atoms. The zero-order chi connectivity index (χ0) is 8.97. The lowest BCUT2D eigenvalue weighted by atomic mass is 10.1. The van der Waals surface area contributed by atoms with E-state index in [-0.39, 0.29) is 11.2 Å². The van der Waals surface area contributed by atoms with Crippen molar-refractivity contribution in [2.75, 3.05) is 5.75 Å². The molecule has 12 heavy (non-hydrogen) atoms. The molecular formula is C9H15NOS. The summed E-state index contributed by atoms with van der Waals surface area (Å²) in [6, 6.07) is 2.26. The zero-order valence-corrected chi connectivity index (χ0v) is 8.27. The van der Waals surface area contributed by atoms with Gasteiger partial charge in [0.25, 0.3) is 0 Å². The van der Waals surface area contributed by atoms with E-state index in [0.29, 0.717) is 0 Å². The second-order valence-corrected chi connectivity index (χ2v) is 5.07. The van der Waals surface area contributed by atoms with E-state index in [1.807, 2.05) is 6.92 Å². The van der Waals surface area contributed by atoms with Gasteiger partial charge in [0, 0.05) is 16.6 Å². The first-order chi connectivity index (χ1) is 5.79. The van der Waals surface area contributed by atoms with Gasteiger partial charge in [-0.2, -0.15) is 5.26 Å². The van der Waals surface area contributed by atoms with Crippen molar-refractivity contribution in [3.63, 3.8) is 0 Å². The maximum Gasteiger partial charge on any atom is 0.0668 e. The van der Waals surface area contributed by atoms with Gasteiger partial charge in [0.2, 0.25) is 0 Å². The van der Waals surface area contributed by atoms with Crippen LogP contribution in [0.15, 0.2) is 0 Å². The van der Waals surface area contributed by atoms with Crippen LogP contribution < -0.4 is 0 Å². The molecular weight excluding hydrogens is 170 g/mol. The highest BCUT2D eigenvalue weighted by atomic mass is 32.2. The Balaban J connectivity index is 2.51. The summed E-state index contributed by atoms with van der Waals surface area (Å²) in [6.07, 6.45) is 3.99. The van der Waals surface area contributed by atoms with Crippen LogP contribution in [-0.2, 0) is 10.8 Å². The summed E-state index contributed by atoms with van der Waals surface area (Å²) in [5.41, 5.74) is 0. The molecule has 2 nitrogen and oxygen atoms in total. The molecule has 1 saturated carbocycles. The van der Waals surface area contributed by atoms with Gasteiger partial charge < -0.3 is 0 Å². The average molecular weight is 185 g/mol. The minimum Gasteiger partial charge on any atom is -0.259 e. The largest absolute Gasteiger partial charge is 0.259 e. The Morgan fingerprint density at radius 1 is 1.58 bits per heavy atom. The van der Waals surface area contributed by atoms with Crippen LogP contribution in [0.3, 0.4) is 0 Å². The predicted octanol–water partition coefficient (Wildman–Crippen LogP) is 1.84. The molecule has 3 heteroatoms. The Labute approximate surface area is 76.4 Å². The zero-order valence-electron chi connectivity index (χ0n) is 7.45. The Bertz CT molecular complexity index is 209. The number of nitriles is 1. The summed E-state index contributed by atoms with van der Waals surface area (Å²) in [4.78, 5) is 0. The number of rotatable bonds is 3. The third kappa shape index (κ3) is 2.07. The smallest absolute Gasteiger partial charge is 0.0668 e. The van der Waals surface area contributed by atoms with Gasteiger partial charge in [0.1, 0.15) is 0 Å². The molecule has 1 aliphatic carbocycles. The van der Waals surface area contributed by atoms with E-state index >= 15 is 0 Å². The molecule has 0 heterocycles. The highest BCUT2D eigenvalue weighted by Gasteiger charge is 2.31. The van der Waals surface area contributed by atoms with Crippen LogP contribution in [0.5, 0.6) is 0 Å². The Morgan fingerprint density at radius 2 is 2.33 bits per heavy atom. The maximum absolute atomic E-state index is 11.6. The van der Waals surface area contributed by atoms with Crippen molar-refractivity contribution in [1.82, 2.24) is 0 Å². The molecule has 68 valence electrons. The van der Waals surface area contributed by atoms with Gasteiger partial charge in [-0.25, -0.2) is 0 Å². The highest BCUT2D eigenvalue weighted by molar-refractivity contribution is 7.85. The van der Waals surface area contributed by atoms with Crippen LogP contribution in [0.2, 0.25) is 0 Å². The molecule has 0 aromatic carbocycles. The average Bonchev–Trinajstić information content (AvgIpc) is 2.51. The van der Waals surface area contributed by atoms with E-state index in [4.69, 9.17) is 5.26 Å². The second-order valence-electron chi connectivity index (χ2n) is 3.29. The number of hydrogen-bond acceptors (Lipinski definition) is 2. The third-order valence-corrected chi connectivity index (χ3v) is 4.41. The van der Waals surface area contributed by atoms with Crippen LogP contribution in [0.4, 0.5) is 0 Å². The molecule has 0 N–H and O–H groups in total. The summed E-state index contributed by atoms with van der Waals surface area (Å²) in [6.45, 7) is 2.04. The summed E-state index contributed by atoms with van der Waals surface area (Å²) in [5.74, 6) is 0.834. The lowest BCUT2D eigenvalue weighted by Gasteiger charge is -2.11. The molecule has 1 fully saturated rings. The first-order valence-corrected chi connectivity index (χ1v) is 5.94. The lowest BCUT2D eigenvalue weighted by Crippen LogP contribution is -2.20. The van der Waals surface area contributed by atoms with E-state index in [2.05, 4.69) is 6.07 Å². The van der Waals surface area contributed by atoms with Crippen LogP contribution >= 0.6 is 0 Å². The lowest BCUT2D eigenvalue weighted by molar-refractivity contribution is 0.644. The van der Waals surface area contributed by atoms with Gasteiger partial charge in [0.05, 0.1) is 17.2 Å². The fourth-order valence-electron chi connectivity index (χ4n) is 1.74. The molecule has 1 rings (SSSR count). The quantitative estimate of drug-likeness (QED) is 0.673. The van der Waals surface area contributed by atoms with Crippen LogP contribution in [-0.4, -0.2) is 15.2 Å². The summed E-state index contributed by atoms with van der Waals surface area (Å²) in [7, 11) is -0.748. The Morgan fingerprint density at radius 3 is 2.92 bits per heavy atom. The standard InChI is InChI=1S/C9H15NOS/c1-2-6-12(11)9-5-3-4-8(9)7-10/h8-9H,2-6H2,1H3. The van der Waals surface area contributed by atoms with Crippen LogP contribution in [0.1, 0.15) is 32.6 Å².